The zero-order valence-electron chi connectivity index (χ0n) is 13.6. The van der Waals surface area contributed by atoms with Gasteiger partial charge in [0.2, 0.25) is 11.8 Å². The Labute approximate surface area is 155 Å². The number of rotatable bonds is 6. The predicted molar refractivity (Wildman–Crippen MR) is 97.6 cm³/mol. The van der Waals surface area contributed by atoms with E-state index >= 15 is 0 Å². The van der Waals surface area contributed by atoms with Gasteiger partial charge in [0.15, 0.2) is 0 Å². The molecule has 0 saturated carbocycles. The number of carbonyl (C=O) groups is 2. The molecule has 7 heteroatoms. The fourth-order valence-corrected chi connectivity index (χ4v) is 2.98. The van der Waals surface area contributed by atoms with Crippen molar-refractivity contribution < 1.29 is 14.0 Å². The summed E-state index contributed by atoms with van der Waals surface area (Å²) < 4.78 is 13.1. The Kier molecular flexibility index (Phi) is 6.79. The van der Waals surface area contributed by atoms with Gasteiger partial charge in [0.25, 0.3) is 0 Å². The first kappa shape index (κ1) is 19.2. The number of anilines is 1. The highest BCUT2D eigenvalue weighted by atomic mass is 35.5. The molecule has 0 aliphatic rings. The average Bonchev–Trinajstić information content (AvgIpc) is 2.52. The third kappa shape index (κ3) is 5.44. The SMILES string of the molecule is CC(=O)N(CCNC(=O)Cc1cccc(F)c1)c1c(Cl)cccc1Cl. The van der Waals surface area contributed by atoms with Gasteiger partial charge < -0.3 is 10.2 Å². The normalized spacial score (nSPS) is 10.4. The lowest BCUT2D eigenvalue weighted by Gasteiger charge is -2.23. The van der Waals surface area contributed by atoms with Crippen LogP contribution in [0.5, 0.6) is 0 Å². The minimum atomic E-state index is -0.388. The Morgan fingerprint density at radius 2 is 1.76 bits per heavy atom. The van der Waals surface area contributed by atoms with Crippen LogP contribution in [0.15, 0.2) is 42.5 Å². The maximum absolute atomic E-state index is 13.1. The zero-order valence-corrected chi connectivity index (χ0v) is 15.1. The van der Waals surface area contributed by atoms with Gasteiger partial charge in [0, 0.05) is 20.0 Å². The first-order valence-electron chi connectivity index (χ1n) is 7.61. The van der Waals surface area contributed by atoms with Gasteiger partial charge in [0.05, 0.1) is 22.2 Å². The van der Waals surface area contributed by atoms with Crippen molar-refractivity contribution in [3.8, 4) is 0 Å². The second kappa shape index (κ2) is 8.83. The molecule has 2 amide bonds. The van der Waals surface area contributed by atoms with Crippen LogP contribution >= 0.6 is 23.2 Å². The number of hydrogen-bond donors (Lipinski definition) is 1. The van der Waals surface area contributed by atoms with E-state index in [9.17, 15) is 14.0 Å². The quantitative estimate of drug-likeness (QED) is 0.824. The van der Waals surface area contributed by atoms with Crippen LogP contribution in [0.2, 0.25) is 10.0 Å². The molecule has 0 aliphatic heterocycles. The molecular weight excluding hydrogens is 366 g/mol. The molecule has 25 heavy (non-hydrogen) atoms. The van der Waals surface area contributed by atoms with Crippen molar-refractivity contribution in [2.75, 3.05) is 18.0 Å². The third-order valence-electron chi connectivity index (χ3n) is 3.50. The van der Waals surface area contributed by atoms with E-state index in [2.05, 4.69) is 5.32 Å². The van der Waals surface area contributed by atoms with Gasteiger partial charge in [-0.3, -0.25) is 9.59 Å². The Bertz CT molecular complexity index is 763. The second-order valence-corrected chi connectivity index (χ2v) is 6.21. The largest absolute Gasteiger partial charge is 0.354 e. The molecule has 0 fully saturated rings. The maximum atomic E-state index is 13.1. The van der Waals surface area contributed by atoms with Crippen LogP contribution in [0.3, 0.4) is 0 Å². The molecule has 2 aromatic rings. The lowest BCUT2D eigenvalue weighted by atomic mass is 10.1. The summed E-state index contributed by atoms with van der Waals surface area (Å²) >= 11 is 12.3. The summed E-state index contributed by atoms with van der Waals surface area (Å²) in [4.78, 5) is 25.3. The van der Waals surface area contributed by atoms with E-state index in [1.165, 1.54) is 24.0 Å². The average molecular weight is 383 g/mol. The van der Waals surface area contributed by atoms with Crippen molar-refractivity contribution in [1.82, 2.24) is 5.32 Å². The molecule has 0 radical (unpaired) electrons. The highest BCUT2D eigenvalue weighted by molar-refractivity contribution is 6.39. The molecule has 4 nitrogen and oxygen atoms in total. The molecule has 2 aromatic carbocycles. The number of nitrogens with one attached hydrogen (secondary N) is 1. The first-order chi connectivity index (χ1) is 11.9. The number of halogens is 3. The number of hydrogen-bond acceptors (Lipinski definition) is 2. The Hall–Kier alpha value is -2.11. The van der Waals surface area contributed by atoms with Gasteiger partial charge in [-0.25, -0.2) is 4.39 Å². The molecule has 0 atom stereocenters. The standard InChI is InChI=1S/C18H17Cl2FN2O2/c1-12(24)23(18-15(19)6-3-7-16(18)20)9-8-22-17(25)11-13-4-2-5-14(21)10-13/h2-7,10H,8-9,11H2,1H3,(H,22,25). The third-order valence-corrected chi connectivity index (χ3v) is 4.11. The number of benzene rings is 2. The Morgan fingerprint density at radius 1 is 1.12 bits per heavy atom. The molecule has 1 N–H and O–H groups in total. The Balaban J connectivity index is 1.96. The summed E-state index contributed by atoms with van der Waals surface area (Å²) in [5.74, 6) is -0.893. The van der Waals surface area contributed by atoms with Crippen molar-refractivity contribution in [3.63, 3.8) is 0 Å². The minimum Gasteiger partial charge on any atom is -0.354 e. The van der Waals surface area contributed by atoms with Crippen LogP contribution in [0.4, 0.5) is 10.1 Å². The fraction of sp³-hybridized carbons (Fsp3) is 0.222. The number of carbonyl (C=O) groups excluding carboxylic acids is 2. The summed E-state index contributed by atoms with van der Waals surface area (Å²) in [6, 6.07) is 10.8. The number of nitrogens with zero attached hydrogens (tertiary/aromatic N) is 1. The fourth-order valence-electron chi connectivity index (χ4n) is 2.38. The molecule has 0 heterocycles. The van der Waals surface area contributed by atoms with E-state index in [0.717, 1.165) is 0 Å². The molecular formula is C18H17Cl2FN2O2. The molecule has 0 aromatic heterocycles. The molecule has 0 spiro atoms. The Morgan fingerprint density at radius 3 is 2.36 bits per heavy atom. The molecule has 0 unspecified atom stereocenters. The molecule has 132 valence electrons. The second-order valence-electron chi connectivity index (χ2n) is 5.40. The van der Waals surface area contributed by atoms with Crippen molar-refractivity contribution in [2.45, 2.75) is 13.3 Å². The van der Waals surface area contributed by atoms with Gasteiger partial charge in [0.1, 0.15) is 5.82 Å². The van der Waals surface area contributed by atoms with E-state index in [0.29, 0.717) is 21.3 Å². The van der Waals surface area contributed by atoms with E-state index in [4.69, 9.17) is 23.2 Å². The zero-order chi connectivity index (χ0) is 18.4. The van der Waals surface area contributed by atoms with Crippen LogP contribution in [-0.2, 0) is 16.0 Å². The van der Waals surface area contributed by atoms with E-state index in [1.807, 2.05) is 0 Å². The van der Waals surface area contributed by atoms with Crippen LogP contribution in [0.25, 0.3) is 0 Å². The summed E-state index contributed by atoms with van der Waals surface area (Å²) in [7, 11) is 0. The molecule has 0 saturated heterocycles. The van der Waals surface area contributed by atoms with Crippen molar-refractivity contribution >= 4 is 40.7 Å². The number of para-hydroxylation sites is 1. The molecule has 2 rings (SSSR count). The topological polar surface area (TPSA) is 49.4 Å². The highest BCUT2D eigenvalue weighted by Gasteiger charge is 2.18. The van der Waals surface area contributed by atoms with Crippen LogP contribution in [-0.4, -0.2) is 24.9 Å². The van der Waals surface area contributed by atoms with Gasteiger partial charge >= 0.3 is 0 Å². The molecule has 0 bridgehead atoms. The summed E-state index contributed by atoms with van der Waals surface area (Å²) in [6.07, 6.45) is 0.0602. The predicted octanol–water partition coefficient (Wildman–Crippen LogP) is 3.84. The highest BCUT2D eigenvalue weighted by Crippen LogP contribution is 2.33. The van der Waals surface area contributed by atoms with Crippen molar-refractivity contribution in [1.29, 1.82) is 0 Å². The van der Waals surface area contributed by atoms with Gasteiger partial charge in [-0.1, -0.05) is 41.4 Å². The smallest absolute Gasteiger partial charge is 0.224 e. The van der Waals surface area contributed by atoms with Crippen molar-refractivity contribution in [2.24, 2.45) is 0 Å². The van der Waals surface area contributed by atoms with E-state index in [1.54, 1.807) is 30.3 Å². The van der Waals surface area contributed by atoms with Crippen molar-refractivity contribution in [3.05, 3.63) is 63.9 Å². The van der Waals surface area contributed by atoms with Gasteiger partial charge in [-0.05, 0) is 29.8 Å². The lowest BCUT2D eigenvalue weighted by Crippen LogP contribution is -2.38. The van der Waals surface area contributed by atoms with E-state index in [-0.39, 0.29) is 37.1 Å². The summed E-state index contributed by atoms with van der Waals surface area (Å²) in [6.45, 7) is 1.83. The van der Waals surface area contributed by atoms with Gasteiger partial charge in [-0.2, -0.15) is 0 Å². The minimum absolute atomic E-state index is 0.0602. The van der Waals surface area contributed by atoms with Crippen LogP contribution in [0.1, 0.15) is 12.5 Å². The first-order valence-corrected chi connectivity index (χ1v) is 8.37. The molecule has 0 aliphatic carbocycles. The van der Waals surface area contributed by atoms with Crippen LogP contribution in [0, 0.1) is 5.82 Å². The monoisotopic (exact) mass is 382 g/mol. The maximum Gasteiger partial charge on any atom is 0.224 e. The lowest BCUT2D eigenvalue weighted by molar-refractivity contribution is -0.121. The van der Waals surface area contributed by atoms with E-state index < -0.39 is 0 Å². The van der Waals surface area contributed by atoms with Gasteiger partial charge in [-0.15, -0.1) is 0 Å². The summed E-state index contributed by atoms with van der Waals surface area (Å²) in [5, 5.41) is 3.41. The van der Waals surface area contributed by atoms with Crippen LogP contribution < -0.4 is 10.2 Å². The summed E-state index contributed by atoms with van der Waals surface area (Å²) in [5.41, 5.74) is 0.993. The number of amides is 2.